The zero-order valence-electron chi connectivity index (χ0n) is 16.3. The Morgan fingerprint density at radius 2 is 2.07 bits per heavy atom. The molecule has 0 radical (unpaired) electrons. The number of likely N-dealkylation sites (N-methyl/N-ethyl adjacent to an activating group) is 1. The maximum absolute atomic E-state index is 12.7. The van der Waals surface area contributed by atoms with Crippen LogP contribution >= 0.6 is 0 Å². The molecular formula is C21H27N3O3. The molecule has 0 N–H and O–H groups in total. The van der Waals surface area contributed by atoms with Crippen LogP contribution in [0.1, 0.15) is 36.5 Å². The fourth-order valence-electron chi connectivity index (χ4n) is 4.50. The Kier molecular flexibility index (Phi) is 4.91. The summed E-state index contributed by atoms with van der Waals surface area (Å²) in [7, 11) is 3.88. The summed E-state index contributed by atoms with van der Waals surface area (Å²) in [4.78, 5) is 22.1. The van der Waals surface area contributed by atoms with Gasteiger partial charge in [-0.3, -0.25) is 9.88 Å². The van der Waals surface area contributed by atoms with Crippen LogP contribution in [0.2, 0.25) is 0 Å². The van der Waals surface area contributed by atoms with Crippen LogP contribution in [0, 0.1) is 0 Å². The first kappa shape index (κ1) is 18.0. The lowest BCUT2D eigenvalue weighted by Gasteiger charge is -2.30. The van der Waals surface area contributed by atoms with E-state index < -0.39 is 0 Å². The number of fused-ring (bicyclic) bond motifs is 3. The number of pyridine rings is 1. The quantitative estimate of drug-likeness (QED) is 0.772. The number of benzene rings is 1. The first-order valence-electron chi connectivity index (χ1n) is 9.73. The van der Waals surface area contributed by atoms with Gasteiger partial charge in [0, 0.05) is 36.8 Å². The van der Waals surface area contributed by atoms with E-state index in [1.54, 1.807) is 13.3 Å². The van der Waals surface area contributed by atoms with Gasteiger partial charge in [0.25, 0.3) is 0 Å². The van der Waals surface area contributed by atoms with Gasteiger partial charge < -0.3 is 14.4 Å². The third-order valence-electron chi connectivity index (χ3n) is 6.01. The van der Waals surface area contributed by atoms with E-state index in [4.69, 9.17) is 9.47 Å². The molecule has 144 valence electrons. The highest BCUT2D eigenvalue weighted by Crippen LogP contribution is 2.37. The molecule has 2 bridgehead atoms. The second-order valence-corrected chi connectivity index (χ2v) is 7.41. The second-order valence-electron chi connectivity index (χ2n) is 7.41. The molecule has 2 atom stereocenters. The number of carbonyl (C=O) groups excluding carboxylic acids is 1. The predicted molar refractivity (Wildman–Crippen MR) is 106 cm³/mol. The molecule has 1 aromatic heterocycles. The summed E-state index contributed by atoms with van der Waals surface area (Å²) >= 11 is 0. The number of esters is 1. The molecule has 4 rings (SSSR count). The van der Waals surface area contributed by atoms with Crippen LogP contribution in [0.4, 0.5) is 5.69 Å². The van der Waals surface area contributed by atoms with Crippen molar-refractivity contribution in [3.05, 3.63) is 30.0 Å². The Balaban J connectivity index is 1.84. The number of anilines is 1. The number of methoxy groups -OCH3 is 1. The van der Waals surface area contributed by atoms with Crippen molar-refractivity contribution in [1.82, 2.24) is 9.88 Å². The SMILES string of the molecule is CCOC(=O)c1cnc2ccc(OC)cc2c1N1CCC2CCC(C1)N2C. The molecular weight excluding hydrogens is 342 g/mol. The summed E-state index contributed by atoms with van der Waals surface area (Å²) in [5.74, 6) is 0.451. The average Bonchev–Trinajstić information content (AvgIpc) is 2.93. The zero-order chi connectivity index (χ0) is 19.0. The van der Waals surface area contributed by atoms with Crippen LogP contribution in [0.3, 0.4) is 0 Å². The minimum atomic E-state index is -0.313. The van der Waals surface area contributed by atoms with E-state index in [-0.39, 0.29) is 5.97 Å². The van der Waals surface area contributed by atoms with Gasteiger partial charge in [-0.15, -0.1) is 0 Å². The molecule has 2 aromatic rings. The first-order valence-corrected chi connectivity index (χ1v) is 9.73. The Morgan fingerprint density at radius 3 is 2.85 bits per heavy atom. The molecule has 0 amide bonds. The van der Waals surface area contributed by atoms with E-state index in [1.807, 2.05) is 25.1 Å². The van der Waals surface area contributed by atoms with Crippen molar-refractivity contribution in [3.63, 3.8) is 0 Å². The third-order valence-corrected chi connectivity index (χ3v) is 6.01. The lowest BCUT2D eigenvalue weighted by molar-refractivity contribution is 0.0526. The van der Waals surface area contributed by atoms with Gasteiger partial charge in [-0.2, -0.15) is 0 Å². The van der Waals surface area contributed by atoms with Gasteiger partial charge in [-0.25, -0.2) is 4.79 Å². The molecule has 0 saturated carbocycles. The standard InChI is InChI=1S/C21H27N3O3/c1-4-27-21(25)18-12-22-19-8-7-16(26-3)11-17(19)20(18)24-10-9-14-5-6-15(13-24)23(14)2/h7-8,11-12,14-15H,4-6,9-10,13H2,1-3H3. The van der Waals surface area contributed by atoms with Crippen LogP contribution in [0.5, 0.6) is 5.75 Å². The lowest BCUT2D eigenvalue weighted by Crippen LogP contribution is -2.37. The van der Waals surface area contributed by atoms with E-state index in [1.165, 1.54) is 12.8 Å². The number of hydrogen-bond donors (Lipinski definition) is 0. The van der Waals surface area contributed by atoms with Crippen molar-refractivity contribution in [3.8, 4) is 5.75 Å². The van der Waals surface area contributed by atoms with Crippen LogP contribution in [-0.4, -0.2) is 61.8 Å². The van der Waals surface area contributed by atoms with E-state index in [0.29, 0.717) is 24.3 Å². The third kappa shape index (κ3) is 3.23. The molecule has 2 aliphatic heterocycles. The van der Waals surface area contributed by atoms with Gasteiger partial charge in [0.2, 0.25) is 0 Å². The molecule has 2 saturated heterocycles. The second kappa shape index (κ2) is 7.35. The van der Waals surface area contributed by atoms with Gasteiger partial charge in [0.15, 0.2) is 0 Å². The maximum atomic E-state index is 12.7. The number of aromatic nitrogens is 1. The van der Waals surface area contributed by atoms with Crippen molar-refractivity contribution < 1.29 is 14.3 Å². The summed E-state index contributed by atoms with van der Waals surface area (Å²) in [5.41, 5.74) is 2.33. The molecule has 6 nitrogen and oxygen atoms in total. The molecule has 6 heteroatoms. The number of rotatable bonds is 4. The van der Waals surface area contributed by atoms with E-state index >= 15 is 0 Å². The fourth-order valence-corrected chi connectivity index (χ4v) is 4.50. The molecule has 3 heterocycles. The number of ether oxygens (including phenoxy) is 2. The van der Waals surface area contributed by atoms with Crippen LogP contribution < -0.4 is 9.64 Å². The Labute approximate surface area is 160 Å². The number of nitrogens with zero attached hydrogens (tertiary/aromatic N) is 3. The van der Waals surface area contributed by atoms with Crippen molar-refractivity contribution in [2.75, 3.05) is 38.8 Å². The molecule has 27 heavy (non-hydrogen) atoms. The van der Waals surface area contributed by atoms with Crippen LogP contribution in [-0.2, 0) is 4.74 Å². The average molecular weight is 369 g/mol. The van der Waals surface area contributed by atoms with Crippen LogP contribution in [0.25, 0.3) is 10.9 Å². The van der Waals surface area contributed by atoms with Crippen molar-refractivity contribution in [2.24, 2.45) is 0 Å². The molecule has 0 spiro atoms. The highest BCUT2D eigenvalue weighted by molar-refractivity contribution is 6.05. The first-order chi connectivity index (χ1) is 13.1. The Hall–Kier alpha value is -2.34. The molecule has 0 aliphatic carbocycles. The monoisotopic (exact) mass is 369 g/mol. The predicted octanol–water partition coefficient (Wildman–Crippen LogP) is 3.09. The fraction of sp³-hybridized carbons (Fsp3) is 0.524. The van der Waals surface area contributed by atoms with E-state index in [9.17, 15) is 4.79 Å². The van der Waals surface area contributed by atoms with Crippen molar-refractivity contribution >= 4 is 22.6 Å². The van der Waals surface area contributed by atoms with Gasteiger partial charge in [0.05, 0.1) is 24.9 Å². The summed E-state index contributed by atoms with van der Waals surface area (Å²) in [6.45, 7) is 4.01. The van der Waals surface area contributed by atoms with E-state index in [2.05, 4.69) is 21.8 Å². The molecule has 2 aliphatic rings. The Bertz CT molecular complexity index is 854. The van der Waals surface area contributed by atoms with Crippen molar-refractivity contribution in [2.45, 2.75) is 38.3 Å². The minimum absolute atomic E-state index is 0.313. The summed E-state index contributed by atoms with van der Waals surface area (Å²) in [6, 6.07) is 6.98. The number of carbonyl (C=O) groups is 1. The minimum Gasteiger partial charge on any atom is -0.497 e. The van der Waals surface area contributed by atoms with Crippen molar-refractivity contribution in [1.29, 1.82) is 0 Å². The van der Waals surface area contributed by atoms with Gasteiger partial charge in [-0.1, -0.05) is 0 Å². The van der Waals surface area contributed by atoms with Gasteiger partial charge in [-0.05, 0) is 51.4 Å². The summed E-state index contributed by atoms with van der Waals surface area (Å²) in [6.07, 6.45) is 5.24. The van der Waals surface area contributed by atoms with Gasteiger partial charge >= 0.3 is 5.97 Å². The summed E-state index contributed by atoms with van der Waals surface area (Å²) < 4.78 is 10.8. The highest BCUT2D eigenvalue weighted by atomic mass is 16.5. The van der Waals surface area contributed by atoms with E-state index in [0.717, 1.165) is 41.9 Å². The van der Waals surface area contributed by atoms with Crippen LogP contribution in [0.15, 0.2) is 24.4 Å². The highest BCUT2D eigenvalue weighted by Gasteiger charge is 2.36. The molecule has 1 aromatic carbocycles. The largest absolute Gasteiger partial charge is 0.497 e. The zero-order valence-corrected chi connectivity index (χ0v) is 16.3. The maximum Gasteiger partial charge on any atom is 0.341 e. The molecule has 2 unspecified atom stereocenters. The smallest absolute Gasteiger partial charge is 0.341 e. The molecule has 2 fully saturated rings. The Morgan fingerprint density at radius 1 is 1.26 bits per heavy atom. The number of hydrogen-bond acceptors (Lipinski definition) is 6. The normalized spacial score (nSPS) is 22.7. The van der Waals surface area contributed by atoms with Gasteiger partial charge in [0.1, 0.15) is 11.3 Å². The topological polar surface area (TPSA) is 54.9 Å². The summed E-state index contributed by atoms with van der Waals surface area (Å²) in [5, 5.41) is 0.945. The lowest BCUT2D eigenvalue weighted by atomic mass is 10.0.